The molecule has 1 fully saturated rings. The van der Waals surface area contributed by atoms with Crippen LogP contribution in [-0.4, -0.2) is 23.4 Å². The summed E-state index contributed by atoms with van der Waals surface area (Å²) in [6, 6.07) is 15.2. The van der Waals surface area contributed by atoms with Crippen LogP contribution in [0.3, 0.4) is 0 Å². The van der Waals surface area contributed by atoms with E-state index in [9.17, 15) is 4.79 Å². The van der Waals surface area contributed by atoms with Crippen molar-refractivity contribution in [3.8, 4) is 0 Å². The highest BCUT2D eigenvalue weighted by Crippen LogP contribution is 2.26. The Kier molecular flexibility index (Phi) is 5.91. The zero-order chi connectivity index (χ0) is 15.5. The first-order valence-corrected chi connectivity index (χ1v) is 7.93. The van der Waals surface area contributed by atoms with Gasteiger partial charge in [0.25, 0.3) is 5.91 Å². The summed E-state index contributed by atoms with van der Waals surface area (Å²) >= 11 is 6.25. The number of carbonyl (C=O) groups excluding carboxylic acids is 1. The van der Waals surface area contributed by atoms with Crippen LogP contribution in [0.4, 0.5) is 5.69 Å². The van der Waals surface area contributed by atoms with E-state index >= 15 is 0 Å². The molecule has 1 saturated heterocycles. The van der Waals surface area contributed by atoms with Gasteiger partial charge in [-0.15, -0.1) is 12.4 Å². The number of rotatable bonds is 3. The predicted molar refractivity (Wildman–Crippen MR) is 97.3 cm³/mol. The number of likely N-dealkylation sites (tertiary alicyclic amines) is 1. The summed E-state index contributed by atoms with van der Waals surface area (Å²) < 4.78 is 0. The van der Waals surface area contributed by atoms with Crippen molar-refractivity contribution < 1.29 is 4.79 Å². The van der Waals surface area contributed by atoms with E-state index in [1.165, 1.54) is 0 Å². The Balaban J connectivity index is 0.00000192. The van der Waals surface area contributed by atoms with Gasteiger partial charge in [-0.05, 0) is 49.1 Å². The second-order valence-corrected chi connectivity index (χ2v) is 6.12. The maximum atomic E-state index is 12.7. The number of nitrogens with zero attached hydrogens (tertiary/aromatic N) is 1. The number of amides is 1. The Hall–Kier alpha value is -1.71. The lowest BCUT2D eigenvalue weighted by Gasteiger charge is -2.25. The van der Waals surface area contributed by atoms with Gasteiger partial charge < -0.3 is 10.6 Å². The average Bonchev–Trinajstić information content (AvgIpc) is 2.97. The normalized spacial score (nSPS) is 16.9. The molecule has 0 saturated carbocycles. The molecule has 0 radical (unpaired) electrons. The highest BCUT2D eigenvalue weighted by atomic mass is 35.5. The van der Waals surface area contributed by atoms with Crippen LogP contribution >= 0.6 is 24.0 Å². The van der Waals surface area contributed by atoms with Gasteiger partial charge in [0.05, 0.1) is 0 Å². The Labute approximate surface area is 147 Å². The van der Waals surface area contributed by atoms with Gasteiger partial charge in [0.15, 0.2) is 0 Å². The van der Waals surface area contributed by atoms with Crippen molar-refractivity contribution in [3.05, 3.63) is 64.7 Å². The highest BCUT2D eigenvalue weighted by Gasteiger charge is 2.29. The van der Waals surface area contributed by atoms with Gasteiger partial charge in [0, 0.05) is 28.9 Å². The van der Waals surface area contributed by atoms with Crippen LogP contribution in [-0.2, 0) is 6.42 Å². The Bertz CT molecular complexity index is 690. The molecule has 1 amide bonds. The molecular formula is C18H20Cl2N2O. The van der Waals surface area contributed by atoms with Gasteiger partial charge in [-0.3, -0.25) is 4.79 Å². The van der Waals surface area contributed by atoms with Crippen molar-refractivity contribution >= 4 is 35.6 Å². The zero-order valence-corrected chi connectivity index (χ0v) is 14.3. The summed E-state index contributed by atoms with van der Waals surface area (Å²) in [7, 11) is 0. The van der Waals surface area contributed by atoms with E-state index < -0.39 is 0 Å². The van der Waals surface area contributed by atoms with Crippen molar-refractivity contribution in [3.63, 3.8) is 0 Å². The summed E-state index contributed by atoms with van der Waals surface area (Å²) in [5.74, 6) is 0.0573. The molecule has 0 spiro atoms. The second kappa shape index (κ2) is 7.71. The fourth-order valence-corrected chi connectivity index (χ4v) is 3.28. The predicted octanol–water partition coefficient (Wildman–Crippen LogP) is 4.19. The number of hydrogen-bond donors (Lipinski definition) is 1. The minimum absolute atomic E-state index is 0. The summed E-state index contributed by atoms with van der Waals surface area (Å²) in [6.07, 6.45) is 2.84. The first-order chi connectivity index (χ1) is 10.6. The largest absolute Gasteiger partial charge is 0.399 e. The van der Waals surface area contributed by atoms with Crippen molar-refractivity contribution in [1.82, 2.24) is 4.90 Å². The third-order valence-corrected chi connectivity index (χ3v) is 4.55. The van der Waals surface area contributed by atoms with Gasteiger partial charge in [0.2, 0.25) is 0 Å². The molecule has 3 rings (SSSR count). The van der Waals surface area contributed by atoms with Crippen molar-refractivity contribution in [2.75, 3.05) is 12.3 Å². The number of halogens is 2. The number of hydrogen-bond acceptors (Lipinski definition) is 2. The molecule has 1 unspecified atom stereocenters. The third-order valence-electron chi connectivity index (χ3n) is 4.18. The summed E-state index contributed by atoms with van der Waals surface area (Å²) in [6.45, 7) is 0.794. The van der Waals surface area contributed by atoms with Gasteiger partial charge in [0.1, 0.15) is 0 Å². The van der Waals surface area contributed by atoms with Crippen LogP contribution in [0, 0.1) is 0 Å². The van der Waals surface area contributed by atoms with Crippen LogP contribution in [0.15, 0.2) is 48.5 Å². The lowest BCUT2D eigenvalue weighted by atomic mass is 10.0. The molecule has 1 heterocycles. The molecule has 1 aliphatic heterocycles. The van der Waals surface area contributed by atoms with Crippen LogP contribution in [0.2, 0.25) is 5.02 Å². The molecule has 2 aromatic carbocycles. The lowest BCUT2D eigenvalue weighted by molar-refractivity contribution is 0.0736. The first kappa shape index (κ1) is 17.6. The van der Waals surface area contributed by atoms with Crippen LogP contribution in [0.5, 0.6) is 0 Å². The molecule has 23 heavy (non-hydrogen) atoms. The summed E-state index contributed by atoms with van der Waals surface area (Å²) in [5, 5.41) is 0.769. The van der Waals surface area contributed by atoms with E-state index in [-0.39, 0.29) is 24.4 Å². The molecule has 122 valence electrons. The molecule has 2 aromatic rings. The molecule has 0 aliphatic carbocycles. The van der Waals surface area contributed by atoms with E-state index in [0.29, 0.717) is 11.3 Å². The number of carbonyl (C=O) groups is 1. The molecule has 0 aromatic heterocycles. The van der Waals surface area contributed by atoms with Gasteiger partial charge in [-0.25, -0.2) is 0 Å². The van der Waals surface area contributed by atoms with E-state index in [0.717, 1.165) is 36.4 Å². The molecular weight excluding hydrogens is 331 g/mol. The monoisotopic (exact) mass is 350 g/mol. The van der Waals surface area contributed by atoms with Crippen LogP contribution < -0.4 is 5.73 Å². The fourth-order valence-electron chi connectivity index (χ4n) is 3.07. The molecule has 1 atom stereocenters. The standard InChI is InChI=1S/C18H19ClN2O.ClH/c19-17-9-2-1-5-13(17)12-16-8-4-10-21(16)18(22)14-6-3-7-15(20)11-14;/h1-3,5-7,9,11,16H,4,8,10,12,20H2;1H. The van der Waals surface area contributed by atoms with Crippen molar-refractivity contribution in [2.45, 2.75) is 25.3 Å². The Morgan fingerprint density at radius 1 is 1.22 bits per heavy atom. The lowest BCUT2D eigenvalue weighted by Crippen LogP contribution is -2.36. The maximum absolute atomic E-state index is 12.7. The summed E-state index contributed by atoms with van der Waals surface area (Å²) in [5.41, 5.74) is 8.16. The molecule has 2 N–H and O–H groups in total. The quantitative estimate of drug-likeness (QED) is 0.843. The zero-order valence-electron chi connectivity index (χ0n) is 12.7. The molecule has 3 nitrogen and oxygen atoms in total. The molecule has 5 heteroatoms. The van der Waals surface area contributed by atoms with E-state index in [4.69, 9.17) is 17.3 Å². The SMILES string of the molecule is Cl.Nc1cccc(C(=O)N2CCCC2Cc2ccccc2Cl)c1. The smallest absolute Gasteiger partial charge is 0.254 e. The number of anilines is 1. The second-order valence-electron chi connectivity index (χ2n) is 5.72. The number of benzene rings is 2. The van der Waals surface area contributed by atoms with Gasteiger partial charge in [-0.1, -0.05) is 35.9 Å². The van der Waals surface area contributed by atoms with Crippen LogP contribution in [0.1, 0.15) is 28.8 Å². The average molecular weight is 351 g/mol. The van der Waals surface area contributed by atoms with Crippen LogP contribution in [0.25, 0.3) is 0 Å². The molecule has 0 bridgehead atoms. The van der Waals surface area contributed by atoms with Crippen molar-refractivity contribution in [2.24, 2.45) is 0 Å². The summed E-state index contributed by atoms with van der Waals surface area (Å²) in [4.78, 5) is 14.7. The third kappa shape index (κ3) is 3.98. The minimum atomic E-state index is 0. The fraction of sp³-hybridized carbons (Fsp3) is 0.278. The van der Waals surface area contributed by atoms with Crippen molar-refractivity contribution in [1.29, 1.82) is 0 Å². The van der Waals surface area contributed by atoms with E-state index in [1.807, 2.05) is 41.3 Å². The van der Waals surface area contributed by atoms with Gasteiger partial charge in [-0.2, -0.15) is 0 Å². The Morgan fingerprint density at radius 3 is 2.74 bits per heavy atom. The number of nitrogen functional groups attached to an aromatic ring is 1. The topological polar surface area (TPSA) is 46.3 Å². The van der Waals surface area contributed by atoms with E-state index in [1.54, 1.807) is 12.1 Å². The maximum Gasteiger partial charge on any atom is 0.254 e. The van der Waals surface area contributed by atoms with Gasteiger partial charge >= 0.3 is 0 Å². The molecule has 1 aliphatic rings. The Morgan fingerprint density at radius 2 is 2.00 bits per heavy atom. The van der Waals surface area contributed by atoms with E-state index in [2.05, 4.69) is 0 Å². The minimum Gasteiger partial charge on any atom is -0.399 e. The number of nitrogens with two attached hydrogens (primary N) is 1. The highest BCUT2D eigenvalue weighted by molar-refractivity contribution is 6.31. The first-order valence-electron chi connectivity index (χ1n) is 7.55.